The Kier molecular flexibility index (Phi) is 6.89. The van der Waals surface area contributed by atoms with Crippen molar-refractivity contribution in [3.05, 3.63) is 54.6 Å². The molecule has 1 heterocycles. The second-order valence-corrected chi connectivity index (χ2v) is 7.82. The minimum absolute atomic E-state index is 0.0699. The van der Waals surface area contributed by atoms with Gasteiger partial charge in [-0.15, -0.1) is 11.8 Å². The summed E-state index contributed by atoms with van der Waals surface area (Å²) < 4.78 is 0. The summed E-state index contributed by atoms with van der Waals surface area (Å²) in [5, 5.41) is 8.83. The van der Waals surface area contributed by atoms with Gasteiger partial charge in [0.2, 0.25) is 5.91 Å². The number of nitrogens with zero attached hydrogens (tertiary/aromatic N) is 3. The molecule has 1 aliphatic heterocycles. The SMILES string of the molecule is CSc1ccccc1NC(=O)CN(C)C(=O)C1=NN(c2ccccc2)C(C(C)=O)C1. The fraction of sp³-hybridized carbons (Fsp3) is 0.273. The molecule has 3 rings (SSSR count). The van der Waals surface area contributed by atoms with Gasteiger partial charge in [-0.3, -0.25) is 19.4 Å². The zero-order valence-electron chi connectivity index (χ0n) is 17.2. The molecule has 0 saturated heterocycles. The van der Waals surface area contributed by atoms with Crippen LogP contribution in [0, 0.1) is 0 Å². The normalized spacial score (nSPS) is 15.5. The lowest BCUT2D eigenvalue weighted by molar-refractivity contribution is -0.127. The molecule has 30 heavy (non-hydrogen) atoms. The van der Waals surface area contributed by atoms with Crippen molar-refractivity contribution in [2.24, 2.45) is 5.10 Å². The van der Waals surface area contributed by atoms with E-state index in [1.165, 1.54) is 23.6 Å². The van der Waals surface area contributed by atoms with Gasteiger partial charge in [0.05, 0.1) is 17.9 Å². The molecule has 0 aliphatic carbocycles. The average Bonchev–Trinajstić information content (AvgIpc) is 3.20. The maximum Gasteiger partial charge on any atom is 0.270 e. The van der Waals surface area contributed by atoms with Crippen molar-refractivity contribution < 1.29 is 14.4 Å². The Morgan fingerprint density at radius 1 is 1.13 bits per heavy atom. The van der Waals surface area contributed by atoms with Crippen LogP contribution in [-0.2, 0) is 14.4 Å². The average molecular weight is 425 g/mol. The highest BCUT2D eigenvalue weighted by Crippen LogP contribution is 2.26. The number of hydrogen-bond donors (Lipinski definition) is 1. The summed E-state index contributed by atoms with van der Waals surface area (Å²) in [4.78, 5) is 39.7. The van der Waals surface area contributed by atoms with E-state index in [0.29, 0.717) is 5.69 Å². The largest absolute Gasteiger partial charge is 0.331 e. The van der Waals surface area contributed by atoms with Gasteiger partial charge in [0, 0.05) is 18.4 Å². The molecule has 0 fully saturated rings. The number of Topliss-reactive ketones (excluding diaryl/α,β-unsaturated/α-hetero) is 1. The summed E-state index contributed by atoms with van der Waals surface area (Å²) in [7, 11) is 1.55. The molecule has 0 saturated carbocycles. The number of ketones is 1. The van der Waals surface area contributed by atoms with Crippen LogP contribution in [-0.4, -0.2) is 54.1 Å². The van der Waals surface area contributed by atoms with Crippen LogP contribution in [0.4, 0.5) is 11.4 Å². The highest BCUT2D eigenvalue weighted by molar-refractivity contribution is 7.98. The molecule has 156 valence electrons. The smallest absolute Gasteiger partial charge is 0.270 e. The van der Waals surface area contributed by atoms with E-state index in [0.717, 1.165) is 10.6 Å². The number of nitrogens with one attached hydrogen (secondary N) is 1. The Labute approximate surface area is 180 Å². The fourth-order valence-electron chi connectivity index (χ4n) is 3.22. The van der Waals surface area contributed by atoms with Gasteiger partial charge < -0.3 is 10.2 Å². The van der Waals surface area contributed by atoms with Crippen LogP contribution in [0.15, 0.2) is 64.6 Å². The van der Waals surface area contributed by atoms with E-state index >= 15 is 0 Å². The minimum atomic E-state index is -0.526. The number of amides is 2. The number of rotatable bonds is 7. The number of likely N-dealkylation sites (N-methyl/N-ethyl adjacent to an activating group) is 1. The Bertz CT molecular complexity index is 977. The third kappa shape index (κ3) is 4.88. The molecule has 1 unspecified atom stereocenters. The Hall–Kier alpha value is -3.13. The first-order valence-electron chi connectivity index (χ1n) is 9.51. The third-order valence-corrected chi connectivity index (χ3v) is 5.55. The molecule has 2 aromatic carbocycles. The van der Waals surface area contributed by atoms with Crippen molar-refractivity contribution in [1.29, 1.82) is 0 Å². The maximum atomic E-state index is 12.9. The number of hydrogen-bond acceptors (Lipinski definition) is 6. The van der Waals surface area contributed by atoms with E-state index in [2.05, 4.69) is 10.4 Å². The molecule has 1 N–H and O–H groups in total. The summed E-state index contributed by atoms with van der Waals surface area (Å²) in [5.41, 5.74) is 1.72. The lowest BCUT2D eigenvalue weighted by atomic mass is 10.1. The first-order chi connectivity index (χ1) is 14.4. The Balaban J connectivity index is 1.69. The maximum absolute atomic E-state index is 12.9. The zero-order valence-corrected chi connectivity index (χ0v) is 18.0. The van der Waals surface area contributed by atoms with Gasteiger partial charge in [-0.1, -0.05) is 30.3 Å². The quantitative estimate of drug-likeness (QED) is 0.691. The van der Waals surface area contributed by atoms with Gasteiger partial charge in [-0.2, -0.15) is 5.10 Å². The molecule has 2 amide bonds. The summed E-state index contributed by atoms with van der Waals surface area (Å²) in [6, 6.07) is 16.2. The van der Waals surface area contributed by atoms with Crippen molar-refractivity contribution in [2.75, 3.05) is 30.2 Å². The van der Waals surface area contributed by atoms with Crippen LogP contribution in [0.1, 0.15) is 13.3 Å². The first-order valence-corrected chi connectivity index (χ1v) is 10.7. The van der Waals surface area contributed by atoms with Crippen LogP contribution in [0.2, 0.25) is 0 Å². The third-order valence-electron chi connectivity index (χ3n) is 4.76. The summed E-state index contributed by atoms with van der Waals surface area (Å²) >= 11 is 1.53. The van der Waals surface area contributed by atoms with Crippen LogP contribution in [0.25, 0.3) is 0 Å². The Morgan fingerprint density at radius 2 is 1.80 bits per heavy atom. The van der Waals surface area contributed by atoms with Crippen LogP contribution < -0.4 is 10.3 Å². The minimum Gasteiger partial charge on any atom is -0.331 e. The van der Waals surface area contributed by atoms with E-state index in [1.54, 1.807) is 12.1 Å². The van der Waals surface area contributed by atoms with E-state index in [4.69, 9.17) is 0 Å². The van der Waals surface area contributed by atoms with E-state index < -0.39 is 6.04 Å². The summed E-state index contributed by atoms with van der Waals surface area (Å²) in [6.45, 7) is 1.38. The second kappa shape index (κ2) is 9.58. The van der Waals surface area contributed by atoms with Gasteiger partial charge in [0.1, 0.15) is 11.8 Å². The van der Waals surface area contributed by atoms with Gasteiger partial charge in [-0.25, -0.2) is 0 Å². The molecular formula is C22H24N4O3S. The molecule has 0 bridgehead atoms. The molecule has 7 nitrogen and oxygen atoms in total. The number of benzene rings is 2. The molecule has 2 aromatic rings. The number of thioether (sulfide) groups is 1. The van der Waals surface area contributed by atoms with Gasteiger partial charge >= 0.3 is 0 Å². The highest BCUT2D eigenvalue weighted by Gasteiger charge is 2.35. The van der Waals surface area contributed by atoms with Gasteiger partial charge in [0.15, 0.2) is 5.78 Å². The second-order valence-electron chi connectivity index (χ2n) is 6.97. The topological polar surface area (TPSA) is 82.1 Å². The molecule has 0 aromatic heterocycles. The summed E-state index contributed by atoms with van der Waals surface area (Å²) in [6.07, 6.45) is 2.15. The predicted octanol–water partition coefficient (Wildman–Crippen LogP) is 3.03. The highest BCUT2D eigenvalue weighted by atomic mass is 32.2. The zero-order chi connectivity index (χ0) is 21.7. The van der Waals surface area contributed by atoms with E-state index in [9.17, 15) is 14.4 Å². The molecule has 1 atom stereocenters. The van der Waals surface area contributed by atoms with Crippen LogP contribution >= 0.6 is 11.8 Å². The molecule has 0 radical (unpaired) electrons. The number of para-hydroxylation sites is 2. The first kappa shape index (κ1) is 21.6. The molecule has 0 spiro atoms. The van der Waals surface area contributed by atoms with Crippen molar-refractivity contribution >= 4 is 46.4 Å². The monoisotopic (exact) mass is 424 g/mol. The lowest BCUT2D eigenvalue weighted by Crippen LogP contribution is -2.39. The molecule has 8 heteroatoms. The van der Waals surface area contributed by atoms with Gasteiger partial charge in [-0.05, 0) is 37.4 Å². The summed E-state index contributed by atoms with van der Waals surface area (Å²) in [5.74, 6) is -0.735. The van der Waals surface area contributed by atoms with Crippen LogP contribution in [0.3, 0.4) is 0 Å². The number of carbonyl (C=O) groups is 3. The van der Waals surface area contributed by atoms with Crippen molar-refractivity contribution in [3.63, 3.8) is 0 Å². The number of carbonyl (C=O) groups excluding carboxylic acids is 3. The van der Waals surface area contributed by atoms with Crippen molar-refractivity contribution in [2.45, 2.75) is 24.3 Å². The van der Waals surface area contributed by atoms with Crippen molar-refractivity contribution in [1.82, 2.24) is 4.90 Å². The van der Waals surface area contributed by atoms with E-state index in [-0.39, 0.29) is 36.3 Å². The fourth-order valence-corrected chi connectivity index (χ4v) is 3.77. The number of hydrazone groups is 1. The molecular weight excluding hydrogens is 400 g/mol. The number of anilines is 2. The van der Waals surface area contributed by atoms with Gasteiger partial charge in [0.25, 0.3) is 5.91 Å². The van der Waals surface area contributed by atoms with Crippen LogP contribution in [0.5, 0.6) is 0 Å². The van der Waals surface area contributed by atoms with Crippen molar-refractivity contribution in [3.8, 4) is 0 Å². The lowest BCUT2D eigenvalue weighted by Gasteiger charge is -2.20. The predicted molar refractivity (Wildman–Crippen MR) is 120 cm³/mol. The molecule has 1 aliphatic rings. The Morgan fingerprint density at radius 3 is 2.47 bits per heavy atom. The van der Waals surface area contributed by atoms with E-state index in [1.807, 2.05) is 60.9 Å². The standard InChI is InChI=1S/C22H24N4O3S/c1-15(27)19-13-18(24-26(19)16-9-5-4-6-10-16)22(29)25(2)14-21(28)23-17-11-7-8-12-20(17)30-3/h4-12,19H,13-14H2,1-3H3,(H,23,28).